The standard InChI is InChI=1S/C25H20FN7S/c1-13(2)29-15-9-14(11-27-12-15)17-3-4-19-24(31-17)25(33-32-19)20-10-16-18(30-20)7-8-28-23(16)21-5-6-22(26)34-21/h3-13,29-30H,1-2H3,(H,32,33). The summed E-state index contributed by atoms with van der Waals surface area (Å²) in [7, 11) is 0. The molecular weight excluding hydrogens is 449 g/mol. The fourth-order valence-electron chi connectivity index (χ4n) is 4.06. The van der Waals surface area contributed by atoms with Gasteiger partial charge in [0.05, 0.1) is 33.2 Å². The summed E-state index contributed by atoms with van der Waals surface area (Å²) in [5.41, 5.74) is 7.42. The van der Waals surface area contributed by atoms with Crippen LogP contribution in [0.5, 0.6) is 0 Å². The van der Waals surface area contributed by atoms with Gasteiger partial charge in [-0.25, -0.2) is 4.98 Å². The van der Waals surface area contributed by atoms with E-state index in [2.05, 4.69) is 44.3 Å². The number of pyridine rings is 3. The van der Waals surface area contributed by atoms with Crippen LogP contribution in [0.3, 0.4) is 0 Å². The average Bonchev–Trinajstić information content (AvgIpc) is 3.55. The highest BCUT2D eigenvalue weighted by Gasteiger charge is 2.17. The molecule has 0 amide bonds. The summed E-state index contributed by atoms with van der Waals surface area (Å²) in [5, 5.41) is 11.7. The van der Waals surface area contributed by atoms with Crippen molar-refractivity contribution in [2.24, 2.45) is 0 Å². The molecule has 0 atom stereocenters. The van der Waals surface area contributed by atoms with E-state index in [4.69, 9.17) is 4.98 Å². The minimum atomic E-state index is -0.234. The maximum absolute atomic E-state index is 13.6. The second kappa shape index (κ2) is 8.03. The molecule has 168 valence electrons. The van der Waals surface area contributed by atoms with Gasteiger partial charge in [0, 0.05) is 41.1 Å². The van der Waals surface area contributed by atoms with Crippen LogP contribution in [-0.2, 0) is 0 Å². The van der Waals surface area contributed by atoms with Crippen LogP contribution >= 0.6 is 11.3 Å². The molecule has 6 rings (SSSR count). The van der Waals surface area contributed by atoms with Crippen LogP contribution in [0.4, 0.5) is 10.1 Å². The van der Waals surface area contributed by atoms with Crippen molar-refractivity contribution in [3.63, 3.8) is 0 Å². The first-order chi connectivity index (χ1) is 16.5. The van der Waals surface area contributed by atoms with E-state index in [1.165, 1.54) is 6.07 Å². The van der Waals surface area contributed by atoms with E-state index in [0.717, 1.165) is 66.5 Å². The molecule has 0 saturated carbocycles. The molecule has 6 heterocycles. The summed E-state index contributed by atoms with van der Waals surface area (Å²) < 4.78 is 13.6. The molecule has 3 N–H and O–H groups in total. The molecule has 0 aliphatic rings. The molecule has 0 fully saturated rings. The maximum atomic E-state index is 13.6. The Bertz CT molecular complexity index is 1650. The molecule has 0 unspecified atom stereocenters. The van der Waals surface area contributed by atoms with Crippen LogP contribution in [0.1, 0.15) is 13.8 Å². The van der Waals surface area contributed by atoms with Gasteiger partial charge in [-0.05, 0) is 56.3 Å². The van der Waals surface area contributed by atoms with Crippen LogP contribution in [0.15, 0.2) is 61.1 Å². The highest BCUT2D eigenvalue weighted by Crippen LogP contribution is 2.35. The van der Waals surface area contributed by atoms with Crippen LogP contribution in [-0.4, -0.2) is 36.2 Å². The average molecular weight is 470 g/mol. The van der Waals surface area contributed by atoms with Crippen LogP contribution in [0, 0.1) is 5.13 Å². The van der Waals surface area contributed by atoms with Gasteiger partial charge >= 0.3 is 0 Å². The number of aromatic amines is 2. The number of halogens is 1. The van der Waals surface area contributed by atoms with E-state index in [1.54, 1.807) is 24.7 Å². The van der Waals surface area contributed by atoms with Gasteiger partial charge in [0.1, 0.15) is 11.2 Å². The van der Waals surface area contributed by atoms with E-state index in [1.807, 2.05) is 30.3 Å². The smallest absolute Gasteiger partial charge is 0.177 e. The number of H-pyrrole nitrogens is 2. The number of thiophene rings is 1. The van der Waals surface area contributed by atoms with Crippen molar-refractivity contribution >= 4 is 39.0 Å². The third-order valence-corrected chi connectivity index (χ3v) is 6.39. The Morgan fingerprint density at radius 3 is 2.74 bits per heavy atom. The fraction of sp³-hybridized carbons (Fsp3) is 0.120. The first kappa shape index (κ1) is 20.5. The van der Waals surface area contributed by atoms with E-state index < -0.39 is 0 Å². The van der Waals surface area contributed by atoms with Gasteiger partial charge in [-0.1, -0.05) is 0 Å². The van der Waals surface area contributed by atoms with E-state index in [0.29, 0.717) is 11.7 Å². The molecule has 0 aliphatic carbocycles. The topological polar surface area (TPSA) is 95.2 Å². The molecule has 0 bridgehead atoms. The molecule has 7 nitrogen and oxygen atoms in total. The van der Waals surface area contributed by atoms with Gasteiger partial charge in [0.15, 0.2) is 5.13 Å². The molecule has 0 aromatic carbocycles. The number of rotatable bonds is 5. The molecule has 0 saturated heterocycles. The predicted octanol–water partition coefficient (Wildman–Crippen LogP) is 6.25. The summed E-state index contributed by atoms with van der Waals surface area (Å²) in [6.07, 6.45) is 5.33. The summed E-state index contributed by atoms with van der Waals surface area (Å²) in [6, 6.07) is 13.4. The summed E-state index contributed by atoms with van der Waals surface area (Å²) in [5.74, 6) is 0. The lowest BCUT2D eigenvalue weighted by atomic mass is 10.1. The number of aromatic nitrogens is 6. The zero-order valence-electron chi connectivity index (χ0n) is 18.4. The molecule has 0 aliphatic heterocycles. The number of hydrogen-bond donors (Lipinski definition) is 3. The van der Waals surface area contributed by atoms with Gasteiger partial charge < -0.3 is 10.3 Å². The molecule has 6 aromatic rings. The van der Waals surface area contributed by atoms with Crippen molar-refractivity contribution in [3.05, 3.63) is 66.2 Å². The SMILES string of the molecule is CC(C)Nc1cncc(-c2ccc3[nH]nc(-c4cc5c(-c6ccc(F)s6)nccc5[nH]4)c3n2)c1. The van der Waals surface area contributed by atoms with Crippen molar-refractivity contribution in [2.45, 2.75) is 19.9 Å². The van der Waals surface area contributed by atoms with E-state index >= 15 is 0 Å². The van der Waals surface area contributed by atoms with Crippen molar-refractivity contribution in [1.29, 1.82) is 0 Å². The summed E-state index contributed by atoms with van der Waals surface area (Å²) in [4.78, 5) is 18.0. The van der Waals surface area contributed by atoms with Crippen molar-refractivity contribution < 1.29 is 4.39 Å². The molecule has 0 spiro atoms. The second-order valence-electron chi connectivity index (χ2n) is 8.33. The van der Waals surface area contributed by atoms with E-state index in [-0.39, 0.29) is 5.13 Å². The quantitative estimate of drug-likeness (QED) is 0.277. The van der Waals surface area contributed by atoms with Crippen molar-refractivity contribution in [1.82, 2.24) is 30.1 Å². The molecule has 0 radical (unpaired) electrons. The number of fused-ring (bicyclic) bond motifs is 2. The van der Waals surface area contributed by atoms with Gasteiger partial charge in [-0.15, -0.1) is 11.3 Å². The Kier molecular flexibility index (Phi) is 4.84. The number of nitrogens with one attached hydrogen (secondary N) is 3. The van der Waals surface area contributed by atoms with Crippen LogP contribution in [0.25, 0.3) is 55.2 Å². The summed E-state index contributed by atoms with van der Waals surface area (Å²) >= 11 is 1.08. The Morgan fingerprint density at radius 1 is 1.00 bits per heavy atom. The lowest BCUT2D eigenvalue weighted by molar-refractivity contribution is 0.657. The minimum Gasteiger partial charge on any atom is -0.382 e. The molecule has 34 heavy (non-hydrogen) atoms. The third-order valence-electron chi connectivity index (χ3n) is 5.51. The van der Waals surface area contributed by atoms with Crippen LogP contribution in [0.2, 0.25) is 0 Å². The third kappa shape index (κ3) is 3.60. The first-order valence-corrected chi connectivity index (χ1v) is 11.7. The molecule has 6 aromatic heterocycles. The second-order valence-corrected chi connectivity index (χ2v) is 9.37. The minimum absolute atomic E-state index is 0.234. The molecular formula is C25H20FN7S. The maximum Gasteiger partial charge on any atom is 0.177 e. The van der Waals surface area contributed by atoms with Gasteiger partial charge in [0.2, 0.25) is 0 Å². The van der Waals surface area contributed by atoms with Gasteiger partial charge in [-0.2, -0.15) is 9.49 Å². The van der Waals surface area contributed by atoms with Gasteiger partial charge in [-0.3, -0.25) is 15.1 Å². The summed E-state index contributed by atoms with van der Waals surface area (Å²) in [6.45, 7) is 4.18. The Morgan fingerprint density at radius 2 is 1.91 bits per heavy atom. The molecule has 9 heteroatoms. The zero-order valence-corrected chi connectivity index (χ0v) is 19.2. The van der Waals surface area contributed by atoms with E-state index in [9.17, 15) is 4.39 Å². The normalized spacial score (nSPS) is 11.6. The highest BCUT2D eigenvalue weighted by molar-refractivity contribution is 7.13. The Balaban J connectivity index is 1.45. The van der Waals surface area contributed by atoms with Crippen molar-refractivity contribution in [3.8, 4) is 33.2 Å². The Labute approximate surface area is 198 Å². The number of nitrogens with zero attached hydrogens (tertiary/aromatic N) is 4. The Hall–Kier alpha value is -4.11. The van der Waals surface area contributed by atoms with Crippen LogP contribution < -0.4 is 5.32 Å². The van der Waals surface area contributed by atoms with Crippen molar-refractivity contribution in [2.75, 3.05) is 5.32 Å². The monoisotopic (exact) mass is 469 g/mol. The predicted molar refractivity (Wildman–Crippen MR) is 134 cm³/mol. The number of hydrogen-bond acceptors (Lipinski definition) is 6. The lowest BCUT2D eigenvalue weighted by Crippen LogP contribution is -2.09. The zero-order chi connectivity index (χ0) is 23.2. The largest absolute Gasteiger partial charge is 0.382 e. The highest BCUT2D eigenvalue weighted by atomic mass is 32.1. The fourth-order valence-corrected chi connectivity index (χ4v) is 4.80. The lowest BCUT2D eigenvalue weighted by Gasteiger charge is -2.10. The number of anilines is 1. The van der Waals surface area contributed by atoms with Gasteiger partial charge in [0.25, 0.3) is 0 Å². The first-order valence-electron chi connectivity index (χ1n) is 10.9.